The van der Waals surface area contributed by atoms with Gasteiger partial charge in [0.1, 0.15) is 12.8 Å². The summed E-state index contributed by atoms with van der Waals surface area (Å²) in [6.07, 6.45) is 0.321. The highest BCUT2D eigenvalue weighted by Crippen LogP contribution is 2.12. The van der Waals surface area contributed by atoms with Gasteiger partial charge in [-0.3, -0.25) is 14.9 Å². The number of hydrogen-bond acceptors (Lipinski definition) is 4. The average Bonchev–Trinajstić information content (AvgIpc) is 2.39. The molecule has 0 radical (unpaired) electrons. The summed E-state index contributed by atoms with van der Waals surface area (Å²) in [6, 6.07) is 6.61. The average molecular weight is 344 g/mol. The molecule has 0 saturated carbocycles. The van der Waals surface area contributed by atoms with Gasteiger partial charge in [0.2, 0.25) is 0 Å². The fraction of sp³-hybridized carbons (Fsp3) is 0.429. The summed E-state index contributed by atoms with van der Waals surface area (Å²) in [5, 5.41) is 11.9. The summed E-state index contributed by atoms with van der Waals surface area (Å²) in [5.74, 6) is -1.56. The van der Waals surface area contributed by atoms with E-state index in [1.165, 1.54) is 0 Å². The molecule has 0 fully saturated rings. The van der Waals surface area contributed by atoms with Crippen molar-refractivity contribution in [1.82, 2.24) is 5.32 Å². The number of hydrogen-bond donors (Lipinski definition) is 2. The summed E-state index contributed by atoms with van der Waals surface area (Å²) >= 11 is 3.32. The van der Waals surface area contributed by atoms with E-state index in [0.717, 1.165) is 10.0 Å². The molecule has 1 rings (SSSR count). The number of halogens is 1. The van der Waals surface area contributed by atoms with Gasteiger partial charge in [-0.05, 0) is 24.1 Å². The predicted octanol–water partition coefficient (Wildman–Crippen LogP) is 2.19. The van der Waals surface area contributed by atoms with Crippen LogP contribution in [0, 0.1) is 5.92 Å². The van der Waals surface area contributed by atoms with Crippen molar-refractivity contribution in [3.05, 3.63) is 34.3 Å². The maximum absolute atomic E-state index is 11.3. The van der Waals surface area contributed by atoms with Crippen LogP contribution in [-0.4, -0.2) is 29.8 Å². The molecule has 1 aromatic rings. The Morgan fingerprint density at radius 3 is 2.40 bits per heavy atom. The van der Waals surface area contributed by atoms with Gasteiger partial charge in [-0.1, -0.05) is 41.9 Å². The number of aliphatic carboxylic acids is 1. The lowest BCUT2D eigenvalue weighted by atomic mass is 10.1. The van der Waals surface area contributed by atoms with Crippen LogP contribution in [0.4, 0.5) is 0 Å². The lowest BCUT2D eigenvalue weighted by Crippen LogP contribution is -2.40. The quantitative estimate of drug-likeness (QED) is 0.586. The molecule has 0 aliphatic carbocycles. The number of rotatable bonds is 7. The van der Waals surface area contributed by atoms with Gasteiger partial charge < -0.3 is 9.84 Å². The topological polar surface area (TPSA) is 75.6 Å². The van der Waals surface area contributed by atoms with Crippen LogP contribution < -0.4 is 5.32 Å². The molecule has 0 bridgehead atoms. The summed E-state index contributed by atoms with van der Waals surface area (Å²) in [4.78, 5) is 22.4. The highest BCUT2D eigenvalue weighted by atomic mass is 79.9. The zero-order valence-corrected chi connectivity index (χ0v) is 13.0. The Balaban J connectivity index is 2.51. The Morgan fingerprint density at radius 2 is 1.90 bits per heavy atom. The molecule has 2 N–H and O–H groups in total. The number of carboxylic acids is 1. The summed E-state index contributed by atoms with van der Waals surface area (Å²) < 4.78 is 5.86. The molecule has 1 aromatic carbocycles. The van der Waals surface area contributed by atoms with Crippen LogP contribution in [0.5, 0.6) is 0 Å². The predicted molar refractivity (Wildman–Crippen MR) is 78.2 cm³/mol. The normalized spacial score (nSPS) is 12.2. The molecule has 0 spiro atoms. The third kappa shape index (κ3) is 5.71. The maximum Gasteiger partial charge on any atom is 0.321 e. The van der Waals surface area contributed by atoms with E-state index < -0.39 is 12.0 Å². The number of carboxylic acid groups (broad SMARTS) is 1. The summed E-state index contributed by atoms with van der Waals surface area (Å²) in [6.45, 7) is 3.34. The molecular weight excluding hydrogens is 326 g/mol. The largest absolute Gasteiger partial charge is 0.480 e. The van der Waals surface area contributed by atoms with E-state index in [9.17, 15) is 9.59 Å². The van der Waals surface area contributed by atoms with Crippen LogP contribution in [0.3, 0.4) is 0 Å². The van der Waals surface area contributed by atoms with Crippen molar-refractivity contribution in [1.29, 1.82) is 0 Å². The molecule has 0 amide bonds. The van der Waals surface area contributed by atoms with Crippen LogP contribution in [0.15, 0.2) is 28.7 Å². The van der Waals surface area contributed by atoms with E-state index in [0.29, 0.717) is 6.42 Å². The Labute approximate surface area is 126 Å². The van der Waals surface area contributed by atoms with E-state index in [1.54, 1.807) is 13.8 Å². The van der Waals surface area contributed by atoms with Crippen molar-refractivity contribution in [3.8, 4) is 0 Å². The van der Waals surface area contributed by atoms with Gasteiger partial charge >= 0.3 is 11.9 Å². The van der Waals surface area contributed by atoms with Crippen molar-refractivity contribution in [3.63, 3.8) is 0 Å². The van der Waals surface area contributed by atoms with Crippen molar-refractivity contribution in [2.75, 3.05) is 6.73 Å². The van der Waals surface area contributed by atoms with Crippen LogP contribution in [0.2, 0.25) is 0 Å². The number of esters is 1. The van der Waals surface area contributed by atoms with Crippen LogP contribution in [0.1, 0.15) is 19.4 Å². The van der Waals surface area contributed by atoms with E-state index >= 15 is 0 Å². The van der Waals surface area contributed by atoms with Gasteiger partial charge in [-0.2, -0.15) is 0 Å². The number of carbonyl (C=O) groups excluding carboxylic acids is 1. The minimum atomic E-state index is -0.978. The van der Waals surface area contributed by atoms with Crippen molar-refractivity contribution in [2.45, 2.75) is 26.3 Å². The minimum Gasteiger partial charge on any atom is -0.480 e. The van der Waals surface area contributed by atoms with E-state index in [4.69, 9.17) is 9.84 Å². The van der Waals surface area contributed by atoms with Gasteiger partial charge in [0.15, 0.2) is 0 Å². The van der Waals surface area contributed by atoms with Crippen LogP contribution in [0.25, 0.3) is 0 Å². The number of carbonyl (C=O) groups is 2. The Morgan fingerprint density at radius 1 is 1.30 bits per heavy atom. The summed E-state index contributed by atoms with van der Waals surface area (Å²) in [7, 11) is 0. The second kappa shape index (κ2) is 8.01. The standard InChI is InChI=1S/C14H18BrNO4/c1-9(2)14(19)20-8-16-12(13(17)18)7-10-3-5-11(15)6-4-10/h3-6,9,12,16H,7-8H2,1-2H3,(H,17,18)/t12-/m0/s1. The molecule has 0 unspecified atom stereocenters. The molecule has 0 aliphatic rings. The zero-order chi connectivity index (χ0) is 15.1. The fourth-order valence-corrected chi connectivity index (χ4v) is 1.75. The van der Waals surface area contributed by atoms with Crippen LogP contribution >= 0.6 is 15.9 Å². The SMILES string of the molecule is CC(C)C(=O)OCN[C@@H](Cc1ccc(Br)cc1)C(=O)O. The van der Waals surface area contributed by atoms with Crippen molar-refractivity contribution in [2.24, 2.45) is 5.92 Å². The van der Waals surface area contributed by atoms with Gasteiger partial charge in [-0.15, -0.1) is 0 Å². The molecule has 1 atom stereocenters. The summed E-state index contributed by atoms with van der Waals surface area (Å²) in [5.41, 5.74) is 0.892. The molecule has 20 heavy (non-hydrogen) atoms. The third-order valence-corrected chi connectivity index (χ3v) is 3.20. The molecule has 0 aliphatic heterocycles. The third-order valence-electron chi connectivity index (χ3n) is 2.67. The fourth-order valence-electron chi connectivity index (χ4n) is 1.48. The molecular formula is C14H18BrNO4. The van der Waals surface area contributed by atoms with E-state index in [2.05, 4.69) is 21.2 Å². The Hall–Kier alpha value is -1.40. The Kier molecular flexibility index (Phi) is 6.67. The first-order valence-corrected chi connectivity index (χ1v) is 7.06. The minimum absolute atomic E-state index is 0.107. The van der Waals surface area contributed by atoms with E-state index in [1.807, 2.05) is 24.3 Å². The lowest BCUT2D eigenvalue weighted by molar-refractivity contribution is -0.150. The monoisotopic (exact) mass is 343 g/mol. The van der Waals surface area contributed by atoms with Gasteiger partial charge in [0.05, 0.1) is 5.92 Å². The Bertz CT molecular complexity index is 459. The van der Waals surface area contributed by atoms with E-state index in [-0.39, 0.29) is 18.6 Å². The molecule has 0 saturated heterocycles. The maximum atomic E-state index is 11.3. The molecule has 0 aromatic heterocycles. The molecule has 110 valence electrons. The first-order chi connectivity index (χ1) is 9.40. The van der Waals surface area contributed by atoms with Gasteiger partial charge in [0, 0.05) is 4.47 Å². The number of benzene rings is 1. The lowest BCUT2D eigenvalue weighted by Gasteiger charge is -2.15. The highest BCUT2D eigenvalue weighted by Gasteiger charge is 2.18. The number of nitrogens with one attached hydrogen (secondary N) is 1. The zero-order valence-electron chi connectivity index (χ0n) is 11.4. The van der Waals surface area contributed by atoms with Gasteiger partial charge in [-0.25, -0.2) is 0 Å². The molecule has 0 heterocycles. The van der Waals surface area contributed by atoms with Crippen molar-refractivity contribution < 1.29 is 19.4 Å². The second-order valence-corrected chi connectivity index (χ2v) is 5.60. The molecule has 5 nitrogen and oxygen atoms in total. The van der Waals surface area contributed by atoms with Crippen LogP contribution in [-0.2, 0) is 20.7 Å². The highest BCUT2D eigenvalue weighted by molar-refractivity contribution is 9.10. The second-order valence-electron chi connectivity index (χ2n) is 4.69. The smallest absolute Gasteiger partial charge is 0.321 e. The number of ether oxygens (including phenoxy) is 1. The molecule has 6 heteroatoms. The van der Waals surface area contributed by atoms with Gasteiger partial charge in [0.25, 0.3) is 0 Å². The van der Waals surface area contributed by atoms with Crippen molar-refractivity contribution >= 4 is 27.9 Å². The first kappa shape index (κ1) is 16.7. The first-order valence-electron chi connectivity index (χ1n) is 6.27.